The molecule has 25 heavy (non-hydrogen) atoms. The highest BCUT2D eigenvalue weighted by Crippen LogP contribution is 2.35. The van der Waals surface area contributed by atoms with E-state index in [1.807, 2.05) is 38.1 Å². The van der Waals surface area contributed by atoms with E-state index < -0.39 is 0 Å². The molecule has 1 atom stereocenters. The van der Waals surface area contributed by atoms with Crippen molar-refractivity contribution in [1.29, 1.82) is 0 Å². The highest BCUT2D eigenvalue weighted by molar-refractivity contribution is 6.02. The molecule has 0 bridgehead atoms. The number of carbonyl (C=O) groups excluding carboxylic acids is 1. The van der Waals surface area contributed by atoms with Crippen molar-refractivity contribution in [2.75, 3.05) is 10.6 Å². The number of amides is 1. The molecular formula is C22H22N2O. The van der Waals surface area contributed by atoms with Crippen LogP contribution in [0.4, 0.5) is 11.4 Å². The number of anilines is 2. The van der Waals surface area contributed by atoms with Crippen LogP contribution >= 0.6 is 0 Å². The summed E-state index contributed by atoms with van der Waals surface area (Å²) >= 11 is 0. The average Bonchev–Trinajstić information content (AvgIpc) is 3.04. The summed E-state index contributed by atoms with van der Waals surface area (Å²) in [5, 5.41) is 8.93. The second-order valence-electron chi connectivity index (χ2n) is 6.83. The number of benzene rings is 3. The van der Waals surface area contributed by atoms with E-state index in [0.29, 0.717) is 0 Å². The van der Waals surface area contributed by atoms with E-state index in [2.05, 4.69) is 41.0 Å². The number of carbonyl (C=O) groups is 1. The largest absolute Gasteiger partial charge is 0.373 e. The van der Waals surface area contributed by atoms with Crippen LogP contribution in [-0.2, 0) is 17.6 Å². The number of aryl methyl sites for hydroxylation is 3. The first-order valence-electron chi connectivity index (χ1n) is 8.79. The zero-order valence-corrected chi connectivity index (χ0v) is 14.6. The van der Waals surface area contributed by atoms with Crippen LogP contribution < -0.4 is 10.6 Å². The van der Waals surface area contributed by atoms with Crippen molar-refractivity contribution in [3.63, 3.8) is 0 Å². The minimum atomic E-state index is -0.320. The van der Waals surface area contributed by atoms with E-state index in [4.69, 9.17) is 0 Å². The van der Waals surface area contributed by atoms with Crippen molar-refractivity contribution in [3.8, 4) is 0 Å². The third kappa shape index (κ3) is 2.98. The predicted octanol–water partition coefficient (Wildman–Crippen LogP) is 4.69. The molecule has 0 aliphatic heterocycles. The van der Waals surface area contributed by atoms with Crippen LogP contribution in [0.2, 0.25) is 0 Å². The molecule has 3 aromatic carbocycles. The Morgan fingerprint density at radius 1 is 0.960 bits per heavy atom. The van der Waals surface area contributed by atoms with Gasteiger partial charge < -0.3 is 10.6 Å². The van der Waals surface area contributed by atoms with Gasteiger partial charge in [-0.2, -0.15) is 0 Å². The van der Waals surface area contributed by atoms with E-state index in [9.17, 15) is 4.79 Å². The van der Waals surface area contributed by atoms with Gasteiger partial charge in [-0.25, -0.2) is 0 Å². The molecule has 0 aromatic heterocycles. The Hall–Kier alpha value is -2.81. The fourth-order valence-electron chi connectivity index (χ4n) is 3.56. The molecule has 0 saturated carbocycles. The second-order valence-corrected chi connectivity index (χ2v) is 6.83. The van der Waals surface area contributed by atoms with Gasteiger partial charge in [0.05, 0.1) is 0 Å². The van der Waals surface area contributed by atoms with Gasteiger partial charge in [-0.3, -0.25) is 4.79 Å². The lowest BCUT2D eigenvalue weighted by molar-refractivity contribution is -0.116. The normalized spacial score (nSPS) is 13.7. The number of nitrogens with one attached hydrogen (secondary N) is 2. The molecular weight excluding hydrogens is 308 g/mol. The summed E-state index contributed by atoms with van der Waals surface area (Å²) in [6.45, 7) is 3.93. The minimum Gasteiger partial charge on any atom is -0.373 e. The maximum atomic E-state index is 12.5. The highest BCUT2D eigenvalue weighted by atomic mass is 16.2. The Bertz CT molecular complexity index is 934. The van der Waals surface area contributed by atoms with Gasteiger partial charge in [-0.15, -0.1) is 0 Å². The average molecular weight is 330 g/mol. The van der Waals surface area contributed by atoms with Gasteiger partial charge in [-0.1, -0.05) is 42.0 Å². The van der Waals surface area contributed by atoms with Crippen LogP contribution in [0.3, 0.4) is 0 Å². The maximum absolute atomic E-state index is 12.5. The van der Waals surface area contributed by atoms with Crippen LogP contribution in [0, 0.1) is 6.92 Å². The van der Waals surface area contributed by atoms with E-state index in [1.54, 1.807) is 0 Å². The van der Waals surface area contributed by atoms with Crippen molar-refractivity contribution in [2.24, 2.45) is 0 Å². The molecule has 0 heterocycles. The van der Waals surface area contributed by atoms with Crippen LogP contribution in [0.25, 0.3) is 10.8 Å². The smallest absolute Gasteiger partial charge is 0.246 e. The fourth-order valence-corrected chi connectivity index (χ4v) is 3.56. The SMILES string of the molecule is Cc1ccc(NC(=O)C(C)Nc2ccc3c4c(cccc24)CC3)cc1. The first-order valence-corrected chi connectivity index (χ1v) is 8.79. The quantitative estimate of drug-likeness (QED) is 0.729. The number of hydrogen-bond acceptors (Lipinski definition) is 2. The molecule has 0 spiro atoms. The van der Waals surface area contributed by atoms with Crippen molar-refractivity contribution in [1.82, 2.24) is 0 Å². The third-order valence-electron chi connectivity index (χ3n) is 4.96. The highest BCUT2D eigenvalue weighted by Gasteiger charge is 2.18. The zero-order chi connectivity index (χ0) is 17.4. The first kappa shape index (κ1) is 15.7. The van der Waals surface area contributed by atoms with Crippen molar-refractivity contribution in [2.45, 2.75) is 32.7 Å². The molecule has 3 nitrogen and oxygen atoms in total. The van der Waals surface area contributed by atoms with E-state index in [1.165, 1.54) is 27.5 Å². The van der Waals surface area contributed by atoms with Gasteiger partial charge in [0.1, 0.15) is 6.04 Å². The molecule has 1 aliphatic rings. The molecule has 1 amide bonds. The lowest BCUT2D eigenvalue weighted by atomic mass is 10.0. The molecule has 0 radical (unpaired) electrons. The Morgan fingerprint density at radius 2 is 1.68 bits per heavy atom. The van der Waals surface area contributed by atoms with Crippen LogP contribution in [0.5, 0.6) is 0 Å². The third-order valence-corrected chi connectivity index (χ3v) is 4.96. The Kier molecular flexibility index (Phi) is 3.92. The predicted molar refractivity (Wildman–Crippen MR) is 104 cm³/mol. The standard InChI is InChI=1S/C22H22N2O/c1-14-6-11-18(12-7-14)24-22(25)15(2)23-20-13-10-17-9-8-16-4-3-5-19(20)21(16)17/h3-7,10-13,15,23H,8-9H2,1-2H3,(H,24,25). The second kappa shape index (κ2) is 6.25. The van der Waals surface area contributed by atoms with Crippen molar-refractivity contribution < 1.29 is 4.79 Å². The number of hydrogen-bond donors (Lipinski definition) is 2. The zero-order valence-electron chi connectivity index (χ0n) is 14.6. The Labute approximate surface area is 148 Å². The lowest BCUT2D eigenvalue weighted by Gasteiger charge is -2.17. The summed E-state index contributed by atoms with van der Waals surface area (Å²) < 4.78 is 0. The van der Waals surface area contributed by atoms with Crippen molar-refractivity contribution in [3.05, 3.63) is 71.3 Å². The maximum Gasteiger partial charge on any atom is 0.246 e. The molecule has 3 aromatic rings. The Balaban J connectivity index is 1.55. The molecule has 4 rings (SSSR count). The van der Waals surface area contributed by atoms with Crippen molar-refractivity contribution >= 4 is 28.1 Å². The molecule has 3 heteroatoms. The summed E-state index contributed by atoms with van der Waals surface area (Å²) in [5.41, 5.74) is 5.84. The lowest BCUT2D eigenvalue weighted by Crippen LogP contribution is -2.31. The van der Waals surface area contributed by atoms with Crippen LogP contribution in [0.15, 0.2) is 54.6 Å². The molecule has 0 fully saturated rings. The molecule has 2 N–H and O–H groups in total. The Morgan fingerprint density at radius 3 is 2.44 bits per heavy atom. The van der Waals surface area contributed by atoms with E-state index in [-0.39, 0.29) is 11.9 Å². The van der Waals surface area contributed by atoms with Crippen LogP contribution in [-0.4, -0.2) is 11.9 Å². The fraction of sp³-hybridized carbons (Fsp3) is 0.227. The summed E-state index contributed by atoms with van der Waals surface area (Å²) in [4.78, 5) is 12.5. The molecule has 1 aliphatic carbocycles. The minimum absolute atomic E-state index is 0.0351. The van der Waals surface area contributed by atoms with Gasteiger partial charge in [0.15, 0.2) is 0 Å². The summed E-state index contributed by atoms with van der Waals surface area (Å²) in [7, 11) is 0. The number of rotatable bonds is 4. The summed E-state index contributed by atoms with van der Waals surface area (Å²) in [6.07, 6.45) is 2.22. The summed E-state index contributed by atoms with van der Waals surface area (Å²) in [6, 6.07) is 18.3. The van der Waals surface area contributed by atoms with Gasteiger partial charge in [0.2, 0.25) is 5.91 Å². The molecule has 0 saturated heterocycles. The van der Waals surface area contributed by atoms with Crippen LogP contribution in [0.1, 0.15) is 23.6 Å². The molecule has 126 valence electrons. The van der Waals surface area contributed by atoms with E-state index >= 15 is 0 Å². The van der Waals surface area contributed by atoms with Gasteiger partial charge in [0, 0.05) is 16.8 Å². The monoisotopic (exact) mass is 330 g/mol. The first-order chi connectivity index (χ1) is 12.1. The van der Waals surface area contributed by atoms with E-state index in [0.717, 1.165) is 24.2 Å². The van der Waals surface area contributed by atoms with Gasteiger partial charge in [-0.05, 0) is 61.4 Å². The topological polar surface area (TPSA) is 41.1 Å². The van der Waals surface area contributed by atoms with Gasteiger partial charge in [0.25, 0.3) is 0 Å². The molecule has 1 unspecified atom stereocenters. The summed E-state index contributed by atoms with van der Waals surface area (Å²) in [5.74, 6) is -0.0351. The van der Waals surface area contributed by atoms with Gasteiger partial charge >= 0.3 is 0 Å².